The van der Waals surface area contributed by atoms with Gasteiger partial charge in [-0.25, -0.2) is 0 Å². The minimum atomic E-state index is 0.101. The normalized spacial score (nSPS) is 10.8. The summed E-state index contributed by atoms with van der Waals surface area (Å²) in [7, 11) is 4.99. The van der Waals surface area contributed by atoms with Gasteiger partial charge in [-0.1, -0.05) is 0 Å². The highest BCUT2D eigenvalue weighted by Crippen LogP contribution is 2.31. The maximum absolute atomic E-state index is 9.87. The molecule has 0 unspecified atom stereocenters. The molecule has 5 nitrogen and oxygen atoms in total. The molecule has 0 bridgehead atoms. The topological polar surface area (TPSA) is 63.1 Å². The number of ether oxygens (including phenoxy) is 2. The number of methoxy groups -OCH3 is 2. The van der Waals surface area contributed by atoms with Crippen LogP contribution in [-0.4, -0.2) is 45.7 Å². The van der Waals surface area contributed by atoms with Gasteiger partial charge in [0.25, 0.3) is 0 Å². The van der Waals surface area contributed by atoms with Gasteiger partial charge in [0.2, 0.25) is 0 Å². The molecule has 0 aliphatic heterocycles. The first-order valence-corrected chi connectivity index (χ1v) is 5.82. The van der Waals surface area contributed by atoms with Gasteiger partial charge >= 0.3 is 0 Å². The molecular formula is C13H20N2O3. The van der Waals surface area contributed by atoms with Crippen LogP contribution in [0.15, 0.2) is 17.1 Å². The fourth-order valence-corrected chi connectivity index (χ4v) is 1.51. The lowest BCUT2D eigenvalue weighted by molar-refractivity contribution is 0.384. The molecule has 0 saturated carbocycles. The minimum absolute atomic E-state index is 0.101. The quantitative estimate of drug-likeness (QED) is 0.569. The van der Waals surface area contributed by atoms with Crippen molar-refractivity contribution in [3.63, 3.8) is 0 Å². The van der Waals surface area contributed by atoms with Crippen molar-refractivity contribution in [3.05, 3.63) is 17.7 Å². The lowest BCUT2D eigenvalue weighted by Gasteiger charge is -2.09. The summed E-state index contributed by atoms with van der Waals surface area (Å²) in [5.74, 6) is 1.20. The second-order valence-electron chi connectivity index (χ2n) is 3.75. The monoisotopic (exact) mass is 252 g/mol. The highest BCUT2D eigenvalue weighted by Gasteiger charge is 2.09. The van der Waals surface area contributed by atoms with E-state index >= 15 is 0 Å². The molecule has 0 aromatic heterocycles. The second kappa shape index (κ2) is 7.55. The lowest BCUT2D eigenvalue weighted by atomic mass is 10.2. The zero-order valence-corrected chi connectivity index (χ0v) is 11.1. The van der Waals surface area contributed by atoms with Crippen molar-refractivity contribution in [2.45, 2.75) is 6.42 Å². The lowest BCUT2D eigenvalue weighted by Crippen LogP contribution is -2.08. The zero-order valence-electron chi connectivity index (χ0n) is 11.1. The van der Waals surface area contributed by atoms with Gasteiger partial charge in [0.15, 0.2) is 0 Å². The number of aromatic hydroxyl groups is 1. The number of aliphatic imine (C=N–C) groups is 1. The summed E-state index contributed by atoms with van der Waals surface area (Å²) in [4.78, 5) is 4.26. The third-order valence-electron chi connectivity index (χ3n) is 2.48. The number of hydrogen-bond acceptors (Lipinski definition) is 5. The van der Waals surface area contributed by atoms with E-state index in [4.69, 9.17) is 9.47 Å². The Bertz CT molecular complexity index is 405. The van der Waals surface area contributed by atoms with Crippen LogP contribution < -0.4 is 14.8 Å². The van der Waals surface area contributed by atoms with Gasteiger partial charge in [0.05, 0.1) is 19.8 Å². The predicted octanol–water partition coefficient (Wildman–Crippen LogP) is 1.44. The molecule has 0 radical (unpaired) electrons. The van der Waals surface area contributed by atoms with Crippen molar-refractivity contribution in [1.82, 2.24) is 5.32 Å². The molecule has 1 aromatic rings. The molecule has 5 heteroatoms. The van der Waals surface area contributed by atoms with E-state index in [-0.39, 0.29) is 5.75 Å². The molecule has 0 spiro atoms. The highest BCUT2D eigenvalue weighted by atomic mass is 16.5. The summed E-state index contributed by atoms with van der Waals surface area (Å²) in [6.07, 6.45) is 2.58. The SMILES string of the molecule is CNCCCN=Cc1c(O)cc(OC)cc1OC. The van der Waals surface area contributed by atoms with E-state index in [1.54, 1.807) is 26.5 Å². The van der Waals surface area contributed by atoms with Crippen LogP contribution in [0.5, 0.6) is 17.2 Å². The van der Waals surface area contributed by atoms with Gasteiger partial charge in [0, 0.05) is 24.9 Å². The van der Waals surface area contributed by atoms with Crippen LogP contribution in [0.4, 0.5) is 0 Å². The van der Waals surface area contributed by atoms with Crippen molar-refractivity contribution < 1.29 is 14.6 Å². The van der Waals surface area contributed by atoms with Gasteiger partial charge in [-0.05, 0) is 20.0 Å². The molecule has 0 aliphatic rings. The second-order valence-corrected chi connectivity index (χ2v) is 3.75. The van der Waals surface area contributed by atoms with Crippen LogP contribution in [0, 0.1) is 0 Å². The van der Waals surface area contributed by atoms with E-state index in [0.29, 0.717) is 23.6 Å². The standard InChI is InChI=1S/C13H20N2O3/c1-14-5-4-6-15-9-11-12(16)7-10(17-2)8-13(11)18-3/h7-9,14,16H,4-6H2,1-3H3. The van der Waals surface area contributed by atoms with Crippen LogP contribution in [0.25, 0.3) is 0 Å². The van der Waals surface area contributed by atoms with Gasteiger partial charge in [0.1, 0.15) is 17.2 Å². The number of phenolic OH excluding ortho intramolecular Hbond substituents is 1. The fourth-order valence-electron chi connectivity index (χ4n) is 1.51. The summed E-state index contributed by atoms with van der Waals surface area (Å²) in [6, 6.07) is 3.26. The zero-order chi connectivity index (χ0) is 13.4. The molecule has 0 atom stereocenters. The van der Waals surface area contributed by atoms with Crippen molar-refractivity contribution in [1.29, 1.82) is 0 Å². The van der Waals surface area contributed by atoms with Crippen molar-refractivity contribution in [3.8, 4) is 17.2 Å². The number of rotatable bonds is 7. The van der Waals surface area contributed by atoms with E-state index in [0.717, 1.165) is 13.0 Å². The molecular weight excluding hydrogens is 232 g/mol. The summed E-state index contributed by atoms with van der Waals surface area (Å²) < 4.78 is 10.3. The average Bonchev–Trinajstić information content (AvgIpc) is 2.39. The highest BCUT2D eigenvalue weighted by molar-refractivity contribution is 5.87. The number of hydrogen-bond donors (Lipinski definition) is 2. The number of phenols is 1. The van der Waals surface area contributed by atoms with E-state index in [9.17, 15) is 5.11 Å². The average molecular weight is 252 g/mol. The number of nitrogens with one attached hydrogen (secondary N) is 1. The summed E-state index contributed by atoms with van der Waals surface area (Å²) >= 11 is 0. The van der Waals surface area contributed by atoms with E-state index < -0.39 is 0 Å². The van der Waals surface area contributed by atoms with E-state index in [1.807, 2.05) is 7.05 Å². The molecule has 0 amide bonds. The van der Waals surface area contributed by atoms with E-state index in [2.05, 4.69) is 10.3 Å². The molecule has 1 aromatic carbocycles. The van der Waals surface area contributed by atoms with Crippen LogP contribution in [0.3, 0.4) is 0 Å². The first-order valence-electron chi connectivity index (χ1n) is 5.82. The smallest absolute Gasteiger partial charge is 0.135 e. The van der Waals surface area contributed by atoms with Crippen LogP contribution in [-0.2, 0) is 0 Å². The van der Waals surface area contributed by atoms with Crippen molar-refractivity contribution >= 4 is 6.21 Å². The van der Waals surface area contributed by atoms with Crippen LogP contribution in [0.2, 0.25) is 0 Å². The predicted molar refractivity (Wildman–Crippen MR) is 72.2 cm³/mol. The van der Waals surface area contributed by atoms with Gasteiger partial charge in [-0.15, -0.1) is 0 Å². The van der Waals surface area contributed by atoms with Crippen molar-refractivity contribution in [2.75, 3.05) is 34.4 Å². The molecule has 18 heavy (non-hydrogen) atoms. The largest absolute Gasteiger partial charge is 0.507 e. The van der Waals surface area contributed by atoms with Gasteiger partial charge in [-0.3, -0.25) is 4.99 Å². The Balaban J connectivity index is 2.80. The van der Waals surface area contributed by atoms with Gasteiger partial charge < -0.3 is 19.9 Å². The summed E-state index contributed by atoms with van der Waals surface area (Å²) in [6.45, 7) is 1.62. The van der Waals surface area contributed by atoms with Gasteiger partial charge in [-0.2, -0.15) is 0 Å². The fraction of sp³-hybridized carbons (Fsp3) is 0.462. The first-order chi connectivity index (χ1) is 8.72. The number of nitrogens with zero attached hydrogens (tertiary/aromatic N) is 1. The first kappa shape index (κ1) is 14.3. The summed E-state index contributed by atoms with van der Waals surface area (Å²) in [5.41, 5.74) is 0.572. The minimum Gasteiger partial charge on any atom is -0.507 e. The Morgan fingerprint density at radius 2 is 2.11 bits per heavy atom. The van der Waals surface area contributed by atoms with Crippen molar-refractivity contribution in [2.24, 2.45) is 4.99 Å². The molecule has 0 heterocycles. The molecule has 100 valence electrons. The molecule has 0 saturated heterocycles. The third kappa shape index (κ3) is 3.92. The maximum atomic E-state index is 9.87. The maximum Gasteiger partial charge on any atom is 0.135 e. The Morgan fingerprint density at radius 1 is 1.33 bits per heavy atom. The van der Waals surface area contributed by atoms with E-state index in [1.165, 1.54) is 6.07 Å². The molecule has 1 rings (SSSR count). The van der Waals surface area contributed by atoms with Crippen LogP contribution >= 0.6 is 0 Å². The Labute approximate surface area is 107 Å². The summed E-state index contributed by atoms with van der Waals surface area (Å²) in [5, 5.41) is 12.9. The molecule has 0 fully saturated rings. The Hall–Kier alpha value is -1.75. The Kier molecular flexibility index (Phi) is 6.00. The molecule has 0 aliphatic carbocycles. The third-order valence-corrected chi connectivity index (χ3v) is 2.48. The Morgan fingerprint density at radius 3 is 2.72 bits per heavy atom. The van der Waals surface area contributed by atoms with Crippen LogP contribution in [0.1, 0.15) is 12.0 Å². The molecule has 2 N–H and O–H groups in total. The number of benzene rings is 1.